The first-order valence-electron chi connectivity index (χ1n) is 7.94. The molecule has 114 valence electrons. The van der Waals surface area contributed by atoms with E-state index in [-0.39, 0.29) is 5.41 Å². The molecule has 0 amide bonds. The molecule has 2 heterocycles. The molecule has 20 heavy (non-hydrogen) atoms. The molecular weight excluding hydrogens is 248 g/mol. The van der Waals surface area contributed by atoms with Crippen molar-refractivity contribution in [2.75, 3.05) is 26.7 Å². The van der Waals surface area contributed by atoms with Gasteiger partial charge in [0.25, 0.3) is 0 Å². The molecule has 1 unspecified atom stereocenters. The Morgan fingerprint density at radius 1 is 1.45 bits per heavy atom. The maximum absolute atomic E-state index is 4.38. The average molecular weight is 278 g/mol. The summed E-state index contributed by atoms with van der Waals surface area (Å²) in [6, 6.07) is 0.641. The third-order valence-corrected chi connectivity index (χ3v) is 4.74. The van der Waals surface area contributed by atoms with Gasteiger partial charge in [0.1, 0.15) is 0 Å². The molecule has 0 spiro atoms. The summed E-state index contributed by atoms with van der Waals surface area (Å²) < 4.78 is 2.36. The van der Waals surface area contributed by atoms with Crippen LogP contribution in [0, 0.1) is 0 Å². The van der Waals surface area contributed by atoms with E-state index in [4.69, 9.17) is 0 Å². The van der Waals surface area contributed by atoms with Gasteiger partial charge in [0.2, 0.25) is 0 Å². The number of nitrogens with one attached hydrogen (secondary N) is 1. The molecule has 1 N–H and O–H groups in total. The molecule has 1 saturated heterocycles. The van der Waals surface area contributed by atoms with Crippen molar-refractivity contribution in [1.82, 2.24) is 19.8 Å². The second-order valence-corrected chi connectivity index (χ2v) is 6.74. The van der Waals surface area contributed by atoms with Gasteiger partial charge in [0.05, 0.1) is 6.33 Å². The molecule has 2 rings (SSSR count). The molecule has 1 aliphatic rings. The molecule has 0 aromatic carbocycles. The predicted octanol–water partition coefficient (Wildman–Crippen LogP) is 2.25. The number of aryl methyl sites for hydroxylation is 1. The summed E-state index contributed by atoms with van der Waals surface area (Å²) in [4.78, 5) is 6.79. The third-order valence-electron chi connectivity index (χ3n) is 4.74. The van der Waals surface area contributed by atoms with E-state index in [0.717, 1.165) is 19.6 Å². The Hall–Kier alpha value is -0.870. The van der Waals surface area contributed by atoms with Crippen LogP contribution in [0.15, 0.2) is 12.5 Å². The smallest absolute Gasteiger partial charge is 0.0948 e. The molecule has 4 heteroatoms. The van der Waals surface area contributed by atoms with E-state index in [9.17, 15) is 0 Å². The monoisotopic (exact) mass is 278 g/mol. The summed E-state index contributed by atoms with van der Waals surface area (Å²) in [5.41, 5.74) is 1.67. The predicted molar refractivity (Wildman–Crippen MR) is 84.1 cm³/mol. The molecule has 1 fully saturated rings. The van der Waals surface area contributed by atoms with Crippen LogP contribution in [-0.2, 0) is 12.0 Å². The molecule has 0 radical (unpaired) electrons. The van der Waals surface area contributed by atoms with Crippen molar-refractivity contribution in [3.05, 3.63) is 18.2 Å². The molecule has 1 aromatic rings. The summed E-state index contributed by atoms with van der Waals surface area (Å²) in [7, 11) is 2.21. The van der Waals surface area contributed by atoms with Crippen LogP contribution in [0.1, 0.15) is 45.7 Å². The summed E-state index contributed by atoms with van der Waals surface area (Å²) in [5.74, 6) is 0. The molecule has 1 atom stereocenters. The highest BCUT2D eigenvalue weighted by Crippen LogP contribution is 2.29. The SMILES string of the molecule is CC(C)N(C)CCCCn1cncc1C1(C)CCNC1. The molecule has 0 aliphatic carbocycles. The van der Waals surface area contributed by atoms with Crippen LogP contribution in [0.3, 0.4) is 0 Å². The fraction of sp³-hybridized carbons (Fsp3) is 0.812. The Kier molecular flexibility index (Phi) is 5.22. The summed E-state index contributed by atoms with van der Waals surface area (Å²) in [6.45, 7) is 11.3. The number of imidazole rings is 1. The summed E-state index contributed by atoms with van der Waals surface area (Å²) >= 11 is 0. The standard InChI is InChI=1S/C16H30N4/c1-14(2)19(4)9-5-6-10-20-13-18-11-15(20)16(3)7-8-17-12-16/h11,13-14,17H,5-10,12H2,1-4H3. The first-order valence-corrected chi connectivity index (χ1v) is 7.94. The van der Waals surface area contributed by atoms with E-state index in [1.54, 1.807) is 0 Å². The second kappa shape index (κ2) is 6.72. The lowest BCUT2D eigenvalue weighted by Crippen LogP contribution is -2.28. The Balaban J connectivity index is 1.84. The van der Waals surface area contributed by atoms with Gasteiger partial charge in [-0.15, -0.1) is 0 Å². The fourth-order valence-corrected chi connectivity index (χ4v) is 2.94. The zero-order chi connectivity index (χ0) is 14.6. The minimum atomic E-state index is 0.269. The lowest BCUT2D eigenvalue weighted by atomic mass is 9.86. The maximum atomic E-state index is 4.38. The maximum Gasteiger partial charge on any atom is 0.0948 e. The van der Waals surface area contributed by atoms with E-state index in [1.165, 1.54) is 31.5 Å². The van der Waals surface area contributed by atoms with Gasteiger partial charge in [0, 0.05) is 36.4 Å². The van der Waals surface area contributed by atoms with Crippen LogP contribution >= 0.6 is 0 Å². The Labute approximate surface area is 123 Å². The number of aromatic nitrogens is 2. The minimum Gasteiger partial charge on any atom is -0.334 e. The average Bonchev–Trinajstić information content (AvgIpc) is 3.03. The van der Waals surface area contributed by atoms with Crippen LogP contribution in [0.5, 0.6) is 0 Å². The van der Waals surface area contributed by atoms with Gasteiger partial charge < -0.3 is 14.8 Å². The van der Waals surface area contributed by atoms with Gasteiger partial charge >= 0.3 is 0 Å². The number of nitrogens with zero attached hydrogens (tertiary/aromatic N) is 3. The second-order valence-electron chi connectivity index (χ2n) is 6.74. The van der Waals surface area contributed by atoms with Gasteiger partial charge in [-0.25, -0.2) is 4.98 Å². The van der Waals surface area contributed by atoms with Gasteiger partial charge in [-0.1, -0.05) is 6.92 Å². The molecule has 1 aliphatic heterocycles. The molecule has 1 aromatic heterocycles. The van der Waals surface area contributed by atoms with Crippen molar-refractivity contribution >= 4 is 0 Å². The summed E-state index contributed by atoms with van der Waals surface area (Å²) in [6.07, 6.45) is 7.76. The van der Waals surface area contributed by atoms with E-state index >= 15 is 0 Å². The van der Waals surface area contributed by atoms with E-state index < -0.39 is 0 Å². The van der Waals surface area contributed by atoms with Gasteiger partial charge in [-0.3, -0.25) is 0 Å². The van der Waals surface area contributed by atoms with Crippen molar-refractivity contribution in [2.24, 2.45) is 0 Å². The number of unbranched alkanes of at least 4 members (excludes halogenated alkanes) is 1. The van der Waals surface area contributed by atoms with Gasteiger partial charge in [0.15, 0.2) is 0 Å². The van der Waals surface area contributed by atoms with Crippen LogP contribution in [0.4, 0.5) is 0 Å². The van der Waals surface area contributed by atoms with Crippen molar-refractivity contribution < 1.29 is 0 Å². The first-order chi connectivity index (χ1) is 9.53. The van der Waals surface area contributed by atoms with Crippen LogP contribution in [0.2, 0.25) is 0 Å². The van der Waals surface area contributed by atoms with Crippen molar-refractivity contribution in [2.45, 2.75) is 58.0 Å². The minimum absolute atomic E-state index is 0.269. The molecular formula is C16H30N4. The first kappa shape index (κ1) is 15.5. The highest BCUT2D eigenvalue weighted by atomic mass is 15.1. The molecule has 4 nitrogen and oxygen atoms in total. The molecule has 0 saturated carbocycles. The van der Waals surface area contributed by atoms with Gasteiger partial charge in [-0.05, 0) is 53.2 Å². The van der Waals surface area contributed by atoms with Crippen molar-refractivity contribution in [3.63, 3.8) is 0 Å². The normalized spacial score (nSPS) is 23.1. The fourth-order valence-electron chi connectivity index (χ4n) is 2.94. The van der Waals surface area contributed by atoms with Gasteiger partial charge in [-0.2, -0.15) is 0 Å². The van der Waals surface area contributed by atoms with E-state index in [0.29, 0.717) is 6.04 Å². The third kappa shape index (κ3) is 3.61. The lowest BCUT2D eigenvalue weighted by molar-refractivity contribution is 0.266. The number of hydrogen-bond acceptors (Lipinski definition) is 3. The quantitative estimate of drug-likeness (QED) is 0.777. The zero-order valence-electron chi connectivity index (χ0n) is 13.5. The van der Waals surface area contributed by atoms with Crippen molar-refractivity contribution in [3.8, 4) is 0 Å². The Morgan fingerprint density at radius 3 is 2.90 bits per heavy atom. The highest BCUT2D eigenvalue weighted by Gasteiger charge is 2.33. The Morgan fingerprint density at radius 2 is 2.25 bits per heavy atom. The van der Waals surface area contributed by atoms with E-state index in [1.807, 2.05) is 6.33 Å². The topological polar surface area (TPSA) is 33.1 Å². The molecule has 0 bridgehead atoms. The summed E-state index contributed by atoms with van der Waals surface area (Å²) in [5, 5.41) is 3.48. The van der Waals surface area contributed by atoms with Crippen molar-refractivity contribution in [1.29, 1.82) is 0 Å². The Bertz CT molecular complexity index is 404. The number of hydrogen-bond donors (Lipinski definition) is 1. The largest absolute Gasteiger partial charge is 0.334 e. The van der Waals surface area contributed by atoms with E-state index in [2.05, 4.69) is 53.8 Å². The van der Waals surface area contributed by atoms with Crippen LogP contribution in [-0.4, -0.2) is 47.2 Å². The zero-order valence-corrected chi connectivity index (χ0v) is 13.5. The van der Waals surface area contributed by atoms with Crippen LogP contribution < -0.4 is 5.32 Å². The van der Waals surface area contributed by atoms with Crippen LogP contribution in [0.25, 0.3) is 0 Å². The lowest BCUT2D eigenvalue weighted by Gasteiger charge is -2.25. The highest BCUT2D eigenvalue weighted by molar-refractivity contribution is 5.17. The number of rotatable bonds is 7.